The molecule has 1 aliphatic carbocycles. The van der Waals surface area contributed by atoms with Crippen LogP contribution in [-0.2, 0) is 12.7 Å². The van der Waals surface area contributed by atoms with E-state index in [1.807, 2.05) is 11.8 Å². The Bertz CT molecular complexity index is 1150. The van der Waals surface area contributed by atoms with Gasteiger partial charge in [0.15, 0.2) is 0 Å². The van der Waals surface area contributed by atoms with E-state index in [1.165, 1.54) is 23.7 Å². The van der Waals surface area contributed by atoms with E-state index in [0.29, 0.717) is 23.2 Å². The average Bonchev–Trinajstić information content (AvgIpc) is 3.29. The van der Waals surface area contributed by atoms with E-state index in [1.54, 1.807) is 24.5 Å². The molecule has 0 atom stereocenters. The van der Waals surface area contributed by atoms with Crippen LogP contribution in [-0.4, -0.2) is 32.7 Å². The number of amidine groups is 1. The lowest BCUT2D eigenvalue weighted by molar-refractivity contribution is -0.159. The van der Waals surface area contributed by atoms with Gasteiger partial charge < -0.3 is 9.42 Å². The van der Waals surface area contributed by atoms with Crippen LogP contribution in [0.25, 0.3) is 10.7 Å². The molecule has 3 aromatic heterocycles. The highest BCUT2D eigenvalue weighted by Crippen LogP contribution is 2.38. The van der Waals surface area contributed by atoms with E-state index in [0.717, 1.165) is 29.2 Å². The number of hydrogen-bond acceptors (Lipinski definition) is 8. The minimum atomic E-state index is -4.68. The Kier molecular flexibility index (Phi) is 6.12. The highest BCUT2D eigenvalue weighted by molar-refractivity contribution is 7.15. The molecule has 32 heavy (non-hydrogen) atoms. The Balaban J connectivity index is 1.58. The first-order valence-corrected chi connectivity index (χ1v) is 10.4. The maximum atomic E-state index is 12.7. The second kappa shape index (κ2) is 8.99. The smallest absolute Gasteiger partial charge is 0.329 e. The van der Waals surface area contributed by atoms with Crippen molar-refractivity contribution >= 4 is 29.6 Å². The predicted molar refractivity (Wildman–Crippen MR) is 115 cm³/mol. The fourth-order valence-corrected chi connectivity index (χ4v) is 3.77. The molecular weight excluding hydrogens is 443 g/mol. The number of anilines is 1. The molecule has 166 valence electrons. The van der Waals surface area contributed by atoms with Crippen molar-refractivity contribution in [2.45, 2.75) is 38.4 Å². The topological polar surface area (TPSA) is 92.7 Å². The number of thiophene rings is 1. The summed E-state index contributed by atoms with van der Waals surface area (Å²) in [5.74, 6) is 0.437. The van der Waals surface area contributed by atoms with E-state index >= 15 is 0 Å². The summed E-state index contributed by atoms with van der Waals surface area (Å²) in [4.78, 5) is 23.6. The maximum absolute atomic E-state index is 12.7. The van der Waals surface area contributed by atoms with Crippen molar-refractivity contribution in [3.63, 3.8) is 0 Å². The first-order chi connectivity index (χ1) is 15.3. The third kappa shape index (κ3) is 5.07. The average molecular weight is 461 g/mol. The zero-order valence-corrected chi connectivity index (χ0v) is 17.8. The number of nitrogens with zero attached hydrogens (tertiary/aromatic N) is 7. The van der Waals surface area contributed by atoms with Crippen LogP contribution < -0.4 is 4.90 Å². The van der Waals surface area contributed by atoms with Crippen LogP contribution in [0.4, 0.5) is 18.9 Å². The number of hydrogen-bond donors (Lipinski definition) is 0. The molecule has 0 N–H and O–H groups in total. The summed E-state index contributed by atoms with van der Waals surface area (Å²) < 4.78 is 42.5. The molecular formula is C20H18F3N7OS. The second-order valence-electron chi connectivity index (χ2n) is 7.00. The molecule has 0 bridgehead atoms. The molecule has 4 rings (SSSR count). The summed E-state index contributed by atoms with van der Waals surface area (Å²) in [5, 5.41) is 3.44. The zero-order valence-electron chi connectivity index (χ0n) is 17.0. The van der Waals surface area contributed by atoms with Gasteiger partial charge in [-0.15, -0.1) is 11.3 Å². The molecule has 0 unspecified atom stereocenters. The predicted octanol–water partition coefficient (Wildman–Crippen LogP) is 5.08. The van der Waals surface area contributed by atoms with Crippen molar-refractivity contribution in [2.75, 3.05) is 4.90 Å². The van der Waals surface area contributed by atoms with Gasteiger partial charge >= 0.3 is 12.1 Å². The van der Waals surface area contributed by atoms with E-state index in [9.17, 15) is 13.2 Å². The van der Waals surface area contributed by atoms with E-state index in [4.69, 9.17) is 0 Å². The molecule has 3 heterocycles. The highest BCUT2D eigenvalue weighted by Gasteiger charge is 2.38. The van der Waals surface area contributed by atoms with Crippen molar-refractivity contribution in [1.82, 2.24) is 20.1 Å². The molecule has 0 saturated heterocycles. The Morgan fingerprint density at radius 2 is 2.03 bits per heavy atom. The molecule has 0 spiro atoms. The van der Waals surface area contributed by atoms with Crippen LogP contribution in [0.5, 0.6) is 0 Å². The summed E-state index contributed by atoms with van der Waals surface area (Å²) in [6.45, 7) is 5.60. The maximum Gasteiger partial charge on any atom is 0.471 e. The monoisotopic (exact) mass is 461 g/mol. The van der Waals surface area contributed by atoms with Crippen LogP contribution in [0.3, 0.4) is 0 Å². The Morgan fingerprint density at radius 1 is 1.28 bits per heavy atom. The number of aromatic nitrogens is 4. The number of halogens is 3. The molecule has 0 amide bonds. The van der Waals surface area contributed by atoms with Gasteiger partial charge in [0.25, 0.3) is 0 Å². The molecule has 12 heteroatoms. The number of aliphatic imine (C=N–C) groups is 2. The van der Waals surface area contributed by atoms with Gasteiger partial charge in [-0.3, -0.25) is 4.99 Å². The molecule has 0 aliphatic heterocycles. The van der Waals surface area contributed by atoms with Crippen LogP contribution in [0.2, 0.25) is 0 Å². The molecule has 1 saturated carbocycles. The number of rotatable bonds is 7. The number of alkyl halides is 3. The third-order valence-corrected chi connectivity index (χ3v) is 5.67. The van der Waals surface area contributed by atoms with Crippen molar-refractivity contribution < 1.29 is 17.7 Å². The van der Waals surface area contributed by atoms with Crippen molar-refractivity contribution in [1.29, 1.82) is 0 Å². The summed E-state index contributed by atoms with van der Waals surface area (Å²) in [5.41, 5.74) is 0.740. The Labute approximate surface area is 185 Å². The molecule has 3 aromatic rings. The Hall–Kier alpha value is -3.41. The van der Waals surface area contributed by atoms with E-state index < -0.39 is 12.1 Å². The quantitative estimate of drug-likeness (QED) is 0.360. The summed E-state index contributed by atoms with van der Waals surface area (Å²) in [6.07, 6.45) is 4.01. The highest BCUT2D eigenvalue weighted by atomic mass is 32.1. The van der Waals surface area contributed by atoms with Gasteiger partial charge in [0, 0.05) is 23.2 Å². The fraction of sp³-hybridized carbons (Fsp3) is 0.300. The van der Waals surface area contributed by atoms with Crippen molar-refractivity contribution in [2.24, 2.45) is 9.98 Å². The minimum absolute atomic E-state index is 0.109. The Morgan fingerprint density at radius 3 is 2.66 bits per heavy atom. The van der Waals surface area contributed by atoms with E-state index in [-0.39, 0.29) is 5.82 Å². The van der Waals surface area contributed by atoms with Crippen LogP contribution >= 0.6 is 11.3 Å². The van der Waals surface area contributed by atoms with Gasteiger partial charge in [0.2, 0.25) is 5.82 Å². The molecule has 1 aliphatic rings. The summed E-state index contributed by atoms with van der Waals surface area (Å²) >= 11 is 1.26. The summed E-state index contributed by atoms with van der Waals surface area (Å²) in [6, 6.07) is 3.45. The SMILES string of the molecule is C=N/C=C\N=C(/C)N(Cc1ccc(-c2noc(C(F)(F)F)n2)s1)c1cnc(C2CC2)nc1. The largest absolute Gasteiger partial charge is 0.471 e. The molecule has 0 aromatic carbocycles. The van der Waals surface area contributed by atoms with E-state index in [2.05, 4.69) is 41.3 Å². The van der Waals surface area contributed by atoms with Gasteiger partial charge in [-0.25, -0.2) is 15.0 Å². The van der Waals surface area contributed by atoms with Gasteiger partial charge in [-0.2, -0.15) is 18.2 Å². The first-order valence-electron chi connectivity index (χ1n) is 9.60. The van der Waals surface area contributed by atoms with Gasteiger partial charge in [-0.05, 0) is 38.6 Å². The second-order valence-corrected chi connectivity index (χ2v) is 8.17. The lowest BCUT2D eigenvalue weighted by Crippen LogP contribution is -2.28. The fourth-order valence-electron chi connectivity index (χ4n) is 2.85. The van der Waals surface area contributed by atoms with Crippen LogP contribution in [0.1, 0.15) is 42.3 Å². The van der Waals surface area contributed by atoms with Gasteiger partial charge in [-0.1, -0.05) is 5.16 Å². The van der Waals surface area contributed by atoms with Gasteiger partial charge in [0.05, 0.1) is 29.5 Å². The van der Waals surface area contributed by atoms with Gasteiger partial charge in [0.1, 0.15) is 11.7 Å². The molecule has 1 fully saturated rings. The van der Waals surface area contributed by atoms with Crippen molar-refractivity contribution in [3.05, 3.63) is 53.5 Å². The lowest BCUT2D eigenvalue weighted by Gasteiger charge is -2.23. The molecule has 8 nitrogen and oxygen atoms in total. The molecule has 0 radical (unpaired) electrons. The van der Waals surface area contributed by atoms with Crippen molar-refractivity contribution in [3.8, 4) is 10.7 Å². The van der Waals surface area contributed by atoms with Crippen LogP contribution in [0.15, 0.2) is 51.4 Å². The summed E-state index contributed by atoms with van der Waals surface area (Å²) in [7, 11) is 0. The van der Waals surface area contributed by atoms with Crippen LogP contribution in [0, 0.1) is 0 Å². The lowest BCUT2D eigenvalue weighted by atomic mass is 10.3. The normalized spacial score (nSPS) is 14.8. The third-order valence-electron chi connectivity index (χ3n) is 4.60. The first kappa shape index (κ1) is 21.8. The minimum Gasteiger partial charge on any atom is -0.329 e. The standard InChI is InChI=1S/C20H18F3N7OS/c1-12(25-8-7-24-2)30(14-9-26-17(27-10-14)13-3-4-13)11-15-5-6-16(32-15)18-28-19(31-29-18)20(21,22)23/h5-10,13H,2-4,11H2,1H3/b8-7-,25-12+. The zero-order chi connectivity index (χ0) is 22.7.